The second-order valence-corrected chi connectivity index (χ2v) is 4.14. The Kier molecular flexibility index (Phi) is 3.79. The lowest BCUT2D eigenvalue weighted by Gasteiger charge is -2.24. The van der Waals surface area contributed by atoms with Crippen molar-refractivity contribution < 1.29 is 22.8 Å². The van der Waals surface area contributed by atoms with Gasteiger partial charge in [-0.2, -0.15) is 13.2 Å². The number of rotatable bonds is 2. The SMILES string of the molecule is FC(F)F.NC(=O)C1=CC2CCC1(C(N)=O)C2. The van der Waals surface area contributed by atoms with Crippen LogP contribution >= 0.6 is 0 Å². The highest BCUT2D eigenvalue weighted by Crippen LogP contribution is 2.53. The standard InChI is InChI=1S/C9H12N2O2.CHF3/c10-7(12)6-3-5-1-2-9(6,4-5)8(11)13;2-1(3)4/h3,5H,1-2,4H2,(H2,10,12)(H2,11,13);1H. The van der Waals surface area contributed by atoms with Gasteiger partial charge < -0.3 is 11.5 Å². The topological polar surface area (TPSA) is 86.2 Å². The van der Waals surface area contributed by atoms with Gasteiger partial charge >= 0.3 is 6.68 Å². The van der Waals surface area contributed by atoms with Crippen LogP contribution in [0.15, 0.2) is 11.6 Å². The summed E-state index contributed by atoms with van der Waals surface area (Å²) in [7, 11) is 0. The van der Waals surface area contributed by atoms with Gasteiger partial charge in [0.05, 0.1) is 5.41 Å². The Morgan fingerprint density at radius 2 is 1.88 bits per heavy atom. The zero-order valence-corrected chi connectivity index (χ0v) is 8.96. The molecule has 2 bridgehead atoms. The largest absolute Gasteiger partial charge is 0.379 e. The molecule has 96 valence electrons. The lowest BCUT2D eigenvalue weighted by atomic mass is 9.79. The summed E-state index contributed by atoms with van der Waals surface area (Å²) in [6.45, 7) is -3.67. The molecule has 0 aromatic carbocycles. The van der Waals surface area contributed by atoms with Gasteiger partial charge in [-0.15, -0.1) is 0 Å². The van der Waals surface area contributed by atoms with Crippen molar-refractivity contribution in [3.63, 3.8) is 0 Å². The first-order valence-corrected chi connectivity index (χ1v) is 5.04. The number of halogens is 3. The number of allylic oxidation sites excluding steroid dienone is 1. The van der Waals surface area contributed by atoms with Crippen LogP contribution in [0.25, 0.3) is 0 Å². The third-order valence-corrected chi connectivity index (χ3v) is 3.21. The van der Waals surface area contributed by atoms with E-state index >= 15 is 0 Å². The fraction of sp³-hybridized carbons (Fsp3) is 0.600. The number of hydrogen-bond acceptors (Lipinski definition) is 2. The lowest BCUT2D eigenvalue weighted by molar-refractivity contribution is -0.128. The second kappa shape index (κ2) is 4.77. The van der Waals surface area contributed by atoms with Crippen LogP contribution in [0.2, 0.25) is 0 Å². The fourth-order valence-corrected chi connectivity index (χ4v) is 2.54. The molecule has 2 amide bonds. The number of primary amides is 2. The first-order valence-electron chi connectivity index (χ1n) is 5.04. The van der Waals surface area contributed by atoms with Crippen LogP contribution in [-0.2, 0) is 9.59 Å². The average Bonchev–Trinajstić information content (AvgIpc) is 2.74. The van der Waals surface area contributed by atoms with Crippen LogP contribution in [0.1, 0.15) is 19.3 Å². The van der Waals surface area contributed by atoms with Gasteiger partial charge in [0, 0.05) is 5.57 Å². The molecule has 2 aliphatic rings. The molecule has 1 saturated carbocycles. The average molecular weight is 250 g/mol. The molecule has 2 atom stereocenters. The molecule has 0 radical (unpaired) electrons. The van der Waals surface area contributed by atoms with E-state index in [1.54, 1.807) is 0 Å². The molecule has 0 aromatic rings. The van der Waals surface area contributed by atoms with Crippen molar-refractivity contribution in [2.45, 2.75) is 25.9 Å². The molecule has 2 unspecified atom stereocenters. The van der Waals surface area contributed by atoms with E-state index in [0.29, 0.717) is 24.3 Å². The Bertz CT molecular complexity index is 368. The molecule has 2 rings (SSSR count). The number of carbonyl (C=O) groups excluding carboxylic acids is 2. The van der Waals surface area contributed by atoms with Crippen molar-refractivity contribution in [1.82, 2.24) is 0 Å². The number of carbonyl (C=O) groups is 2. The van der Waals surface area contributed by atoms with E-state index in [1.165, 1.54) is 0 Å². The Balaban J connectivity index is 0.000000317. The molecule has 4 N–H and O–H groups in total. The summed E-state index contributed by atoms with van der Waals surface area (Å²) in [4.78, 5) is 22.3. The zero-order chi connectivity index (χ0) is 13.2. The van der Waals surface area contributed by atoms with Gasteiger partial charge in [0.2, 0.25) is 11.8 Å². The van der Waals surface area contributed by atoms with Crippen LogP contribution in [0.4, 0.5) is 13.2 Å². The third-order valence-electron chi connectivity index (χ3n) is 3.21. The lowest BCUT2D eigenvalue weighted by Crippen LogP contribution is -2.39. The van der Waals surface area contributed by atoms with Crippen LogP contribution in [0.3, 0.4) is 0 Å². The van der Waals surface area contributed by atoms with E-state index < -0.39 is 23.9 Å². The van der Waals surface area contributed by atoms with E-state index in [2.05, 4.69) is 0 Å². The van der Waals surface area contributed by atoms with Crippen LogP contribution in [-0.4, -0.2) is 18.5 Å². The number of nitrogens with two attached hydrogens (primary N) is 2. The molecule has 0 aliphatic heterocycles. The molecule has 0 heterocycles. The maximum atomic E-state index is 11.3. The first-order chi connectivity index (χ1) is 7.79. The monoisotopic (exact) mass is 250 g/mol. The Morgan fingerprint density at radius 3 is 2.18 bits per heavy atom. The molecule has 1 fully saturated rings. The number of amides is 2. The summed E-state index contributed by atoms with van der Waals surface area (Å²) in [5, 5.41) is 0. The van der Waals surface area contributed by atoms with E-state index in [1.807, 2.05) is 6.08 Å². The third kappa shape index (κ3) is 2.59. The summed E-state index contributed by atoms with van der Waals surface area (Å²) < 4.78 is 29.0. The fourth-order valence-electron chi connectivity index (χ4n) is 2.54. The highest BCUT2D eigenvalue weighted by atomic mass is 19.4. The normalized spacial score (nSPS) is 29.6. The molecule has 0 aromatic heterocycles. The summed E-state index contributed by atoms with van der Waals surface area (Å²) in [6.07, 6.45) is 4.12. The first kappa shape index (κ1) is 13.5. The van der Waals surface area contributed by atoms with Gasteiger partial charge in [-0.3, -0.25) is 9.59 Å². The van der Waals surface area contributed by atoms with Crippen molar-refractivity contribution in [3.8, 4) is 0 Å². The number of fused-ring (bicyclic) bond motifs is 2. The molecule has 4 nitrogen and oxygen atoms in total. The predicted octanol–water partition coefficient (Wildman–Crippen LogP) is 0.862. The predicted molar refractivity (Wildman–Crippen MR) is 53.4 cm³/mol. The van der Waals surface area contributed by atoms with Crippen molar-refractivity contribution in [2.75, 3.05) is 0 Å². The minimum Gasteiger partial charge on any atom is -0.369 e. The molecule has 7 heteroatoms. The summed E-state index contributed by atoms with van der Waals surface area (Å²) in [5.41, 5.74) is 10.2. The molecule has 17 heavy (non-hydrogen) atoms. The summed E-state index contributed by atoms with van der Waals surface area (Å²) in [6, 6.07) is 0. The van der Waals surface area contributed by atoms with Crippen LogP contribution in [0.5, 0.6) is 0 Å². The van der Waals surface area contributed by atoms with E-state index in [0.717, 1.165) is 6.42 Å². The van der Waals surface area contributed by atoms with E-state index in [4.69, 9.17) is 11.5 Å². The molecule has 0 saturated heterocycles. The van der Waals surface area contributed by atoms with Crippen molar-refractivity contribution >= 4 is 11.8 Å². The van der Waals surface area contributed by atoms with E-state index in [9.17, 15) is 22.8 Å². The molecular weight excluding hydrogens is 237 g/mol. The smallest absolute Gasteiger partial charge is 0.369 e. The number of hydrogen-bond donors (Lipinski definition) is 2. The number of alkyl halides is 3. The molecule has 0 spiro atoms. The van der Waals surface area contributed by atoms with Gasteiger partial charge in [-0.1, -0.05) is 6.08 Å². The van der Waals surface area contributed by atoms with Gasteiger partial charge in [-0.25, -0.2) is 0 Å². The van der Waals surface area contributed by atoms with Gasteiger partial charge in [0.15, 0.2) is 0 Å². The minimum absolute atomic E-state index is 0.329. The second-order valence-electron chi connectivity index (χ2n) is 4.14. The van der Waals surface area contributed by atoms with Crippen molar-refractivity contribution in [2.24, 2.45) is 22.8 Å². The van der Waals surface area contributed by atoms with Crippen LogP contribution < -0.4 is 11.5 Å². The van der Waals surface area contributed by atoms with Gasteiger partial charge in [0.25, 0.3) is 0 Å². The van der Waals surface area contributed by atoms with Crippen molar-refractivity contribution in [1.29, 1.82) is 0 Å². The molecule has 2 aliphatic carbocycles. The summed E-state index contributed by atoms with van der Waals surface area (Å²) in [5.74, 6) is -0.575. The summed E-state index contributed by atoms with van der Waals surface area (Å²) >= 11 is 0. The maximum absolute atomic E-state index is 11.3. The molecular formula is C10H13F3N2O2. The van der Waals surface area contributed by atoms with E-state index in [-0.39, 0.29) is 0 Å². The highest BCUT2D eigenvalue weighted by molar-refractivity contribution is 6.02. The minimum atomic E-state index is -3.67. The Hall–Kier alpha value is -1.53. The maximum Gasteiger partial charge on any atom is 0.379 e. The Morgan fingerprint density at radius 1 is 1.35 bits per heavy atom. The van der Waals surface area contributed by atoms with Crippen molar-refractivity contribution in [3.05, 3.63) is 11.6 Å². The van der Waals surface area contributed by atoms with Gasteiger partial charge in [-0.05, 0) is 25.2 Å². The highest BCUT2D eigenvalue weighted by Gasteiger charge is 2.52. The zero-order valence-electron chi connectivity index (χ0n) is 8.96. The quantitative estimate of drug-likeness (QED) is 0.761. The van der Waals surface area contributed by atoms with Crippen LogP contribution in [0, 0.1) is 11.3 Å². The van der Waals surface area contributed by atoms with Gasteiger partial charge in [0.1, 0.15) is 0 Å². The Labute approximate surface area is 95.8 Å².